The van der Waals surface area contributed by atoms with Gasteiger partial charge in [0.05, 0.1) is 0 Å². The van der Waals surface area contributed by atoms with Gasteiger partial charge in [-0.05, 0) is 27.7 Å². The number of aryl methyl sites for hydroxylation is 1. The predicted octanol–water partition coefficient (Wildman–Crippen LogP) is 4.22. The molecule has 0 aliphatic heterocycles. The minimum atomic E-state index is -2.41. The zero-order valence-electron chi connectivity index (χ0n) is 13.2. The third-order valence-electron chi connectivity index (χ3n) is 2.43. The SMILES string of the molecule is C=CC[Si](OCC)(OCC)OCC.Cc1ccccc1. The molecule has 0 saturated heterocycles. The van der Waals surface area contributed by atoms with Crippen LogP contribution < -0.4 is 0 Å². The van der Waals surface area contributed by atoms with Crippen molar-refractivity contribution in [2.75, 3.05) is 19.8 Å². The van der Waals surface area contributed by atoms with E-state index in [0.717, 1.165) is 0 Å². The van der Waals surface area contributed by atoms with E-state index in [9.17, 15) is 0 Å². The van der Waals surface area contributed by atoms with Gasteiger partial charge in [-0.25, -0.2) is 0 Å². The first-order valence-corrected chi connectivity index (χ1v) is 9.11. The van der Waals surface area contributed by atoms with Crippen LogP contribution in [-0.4, -0.2) is 28.6 Å². The van der Waals surface area contributed by atoms with Crippen LogP contribution in [-0.2, 0) is 13.3 Å². The maximum atomic E-state index is 5.57. The number of allylic oxidation sites excluding steroid dienone is 1. The van der Waals surface area contributed by atoms with Crippen LogP contribution in [0, 0.1) is 6.92 Å². The second-order valence-corrected chi connectivity index (χ2v) is 6.77. The van der Waals surface area contributed by atoms with E-state index in [1.807, 2.05) is 39.0 Å². The lowest BCUT2D eigenvalue weighted by atomic mass is 10.2. The Morgan fingerprint density at radius 2 is 1.40 bits per heavy atom. The van der Waals surface area contributed by atoms with Crippen molar-refractivity contribution < 1.29 is 13.3 Å². The molecule has 0 bridgehead atoms. The monoisotopic (exact) mass is 296 g/mol. The van der Waals surface area contributed by atoms with Crippen LogP contribution in [0.15, 0.2) is 43.0 Å². The zero-order valence-corrected chi connectivity index (χ0v) is 14.2. The Labute approximate surface area is 124 Å². The Hall–Kier alpha value is -0.943. The van der Waals surface area contributed by atoms with Gasteiger partial charge in [-0.1, -0.05) is 42.0 Å². The van der Waals surface area contributed by atoms with E-state index < -0.39 is 8.80 Å². The summed E-state index contributed by atoms with van der Waals surface area (Å²) in [6.07, 6.45) is 1.80. The van der Waals surface area contributed by atoms with E-state index in [-0.39, 0.29) is 0 Å². The van der Waals surface area contributed by atoms with Crippen LogP contribution in [0.4, 0.5) is 0 Å². The third-order valence-corrected chi connectivity index (χ3v) is 5.40. The Morgan fingerprint density at radius 3 is 1.65 bits per heavy atom. The lowest BCUT2D eigenvalue weighted by molar-refractivity contribution is 0.0743. The maximum absolute atomic E-state index is 5.57. The molecule has 0 fully saturated rings. The van der Waals surface area contributed by atoms with Gasteiger partial charge in [0.2, 0.25) is 0 Å². The van der Waals surface area contributed by atoms with Gasteiger partial charge < -0.3 is 13.3 Å². The van der Waals surface area contributed by atoms with Crippen LogP contribution in [0.2, 0.25) is 6.04 Å². The van der Waals surface area contributed by atoms with Crippen LogP contribution in [0.1, 0.15) is 26.3 Å². The lowest BCUT2D eigenvalue weighted by Crippen LogP contribution is -2.45. The molecule has 0 spiro atoms. The summed E-state index contributed by atoms with van der Waals surface area (Å²) >= 11 is 0. The standard InChI is InChI=1S/C9H20O3Si.C7H8/c1-5-9-13(10-6-2,11-7-3)12-8-4;1-7-5-3-2-4-6-7/h5H,1,6-9H2,2-4H3;2-6H,1H3. The lowest BCUT2D eigenvalue weighted by Gasteiger charge is -2.27. The summed E-state index contributed by atoms with van der Waals surface area (Å²) in [5.74, 6) is 0. The van der Waals surface area contributed by atoms with E-state index in [4.69, 9.17) is 13.3 Å². The molecule has 0 unspecified atom stereocenters. The molecule has 0 saturated carbocycles. The molecule has 1 aromatic rings. The molecular weight excluding hydrogens is 268 g/mol. The summed E-state index contributed by atoms with van der Waals surface area (Å²) in [4.78, 5) is 0. The van der Waals surface area contributed by atoms with Crippen molar-refractivity contribution >= 4 is 8.80 Å². The number of benzene rings is 1. The largest absolute Gasteiger partial charge is 0.504 e. The minimum absolute atomic E-state index is 0.625. The van der Waals surface area contributed by atoms with Gasteiger partial charge in [-0.3, -0.25) is 0 Å². The van der Waals surface area contributed by atoms with Gasteiger partial charge in [-0.15, -0.1) is 6.58 Å². The van der Waals surface area contributed by atoms with E-state index in [1.54, 1.807) is 6.08 Å². The molecule has 20 heavy (non-hydrogen) atoms. The van der Waals surface area contributed by atoms with Crippen molar-refractivity contribution in [1.82, 2.24) is 0 Å². The van der Waals surface area contributed by atoms with Crippen molar-refractivity contribution in [2.45, 2.75) is 33.7 Å². The highest BCUT2D eigenvalue weighted by molar-refractivity contribution is 6.61. The van der Waals surface area contributed by atoms with Crippen molar-refractivity contribution in [1.29, 1.82) is 0 Å². The first-order chi connectivity index (χ1) is 9.64. The van der Waals surface area contributed by atoms with Gasteiger partial charge in [-0.2, -0.15) is 0 Å². The molecule has 0 aromatic heterocycles. The summed E-state index contributed by atoms with van der Waals surface area (Å²) in [6.45, 7) is 13.5. The van der Waals surface area contributed by atoms with Gasteiger partial charge >= 0.3 is 8.80 Å². The zero-order chi connectivity index (χ0) is 15.3. The first kappa shape index (κ1) is 19.1. The van der Waals surface area contributed by atoms with Crippen LogP contribution in [0.5, 0.6) is 0 Å². The summed E-state index contributed by atoms with van der Waals surface area (Å²) in [5, 5.41) is 0. The van der Waals surface area contributed by atoms with Crippen molar-refractivity contribution in [2.24, 2.45) is 0 Å². The van der Waals surface area contributed by atoms with Gasteiger partial charge in [0.1, 0.15) is 0 Å². The molecule has 0 atom stereocenters. The Morgan fingerprint density at radius 1 is 0.950 bits per heavy atom. The Balaban J connectivity index is 0.000000428. The Bertz CT molecular complexity index is 324. The third kappa shape index (κ3) is 8.27. The average Bonchev–Trinajstić information content (AvgIpc) is 2.41. The summed E-state index contributed by atoms with van der Waals surface area (Å²) < 4.78 is 16.7. The molecule has 0 amide bonds. The highest BCUT2D eigenvalue weighted by Gasteiger charge is 2.38. The van der Waals surface area contributed by atoms with E-state index >= 15 is 0 Å². The molecule has 1 rings (SSSR count). The number of hydrogen-bond acceptors (Lipinski definition) is 3. The fraction of sp³-hybridized carbons (Fsp3) is 0.500. The second kappa shape index (κ2) is 11.8. The highest BCUT2D eigenvalue weighted by atomic mass is 28.4. The predicted molar refractivity (Wildman–Crippen MR) is 86.8 cm³/mol. The van der Waals surface area contributed by atoms with Crippen molar-refractivity contribution in [3.05, 3.63) is 48.6 Å². The molecule has 0 radical (unpaired) electrons. The van der Waals surface area contributed by atoms with Gasteiger partial charge in [0, 0.05) is 25.9 Å². The van der Waals surface area contributed by atoms with E-state index in [2.05, 4.69) is 25.6 Å². The fourth-order valence-electron chi connectivity index (χ4n) is 1.67. The van der Waals surface area contributed by atoms with Crippen LogP contribution >= 0.6 is 0 Å². The normalized spacial score (nSPS) is 10.6. The van der Waals surface area contributed by atoms with Crippen LogP contribution in [0.25, 0.3) is 0 Å². The molecule has 4 heteroatoms. The molecule has 0 heterocycles. The second-order valence-electron chi connectivity index (χ2n) is 4.13. The fourth-order valence-corrected chi connectivity index (χ4v) is 3.95. The molecular formula is C16H28O3Si. The maximum Gasteiger partial charge on any atom is 0.504 e. The van der Waals surface area contributed by atoms with Crippen molar-refractivity contribution in [3.63, 3.8) is 0 Å². The molecule has 114 valence electrons. The molecule has 0 aliphatic rings. The highest BCUT2D eigenvalue weighted by Crippen LogP contribution is 2.15. The average molecular weight is 296 g/mol. The summed E-state index contributed by atoms with van der Waals surface area (Å²) in [7, 11) is -2.41. The van der Waals surface area contributed by atoms with Crippen molar-refractivity contribution in [3.8, 4) is 0 Å². The molecule has 0 aliphatic carbocycles. The smallest absolute Gasteiger partial charge is 0.374 e. The van der Waals surface area contributed by atoms with Gasteiger partial charge in [0.15, 0.2) is 0 Å². The van der Waals surface area contributed by atoms with Crippen LogP contribution in [0.3, 0.4) is 0 Å². The summed E-state index contributed by atoms with van der Waals surface area (Å²) in [6, 6.07) is 10.9. The molecule has 0 N–H and O–H groups in total. The minimum Gasteiger partial charge on any atom is -0.374 e. The number of rotatable bonds is 8. The molecule has 3 nitrogen and oxygen atoms in total. The summed E-state index contributed by atoms with van der Waals surface area (Å²) in [5.41, 5.74) is 1.32. The first-order valence-electron chi connectivity index (χ1n) is 7.18. The topological polar surface area (TPSA) is 27.7 Å². The quantitative estimate of drug-likeness (QED) is 0.531. The molecule has 1 aromatic carbocycles. The van der Waals surface area contributed by atoms with E-state index in [0.29, 0.717) is 25.9 Å². The van der Waals surface area contributed by atoms with E-state index in [1.165, 1.54) is 5.56 Å². The van der Waals surface area contributed by atoms with Gasteiger partial charge in [0.25, 0.3) is 0 Å². The number of hydrogen-bond donors (Lipinski definition) is 0. The Kier molecular flexibility index (Phi) is 11.3.